The number of imidazole rings is 1. The summed E-state index contributed by atoms with van der Waals surface area (Å²) in [4.78, 5) is 27.5. The fraction of sp³-hybridized carbons (Fsp3) is 0.290. The minimum atomic E-state index is -1.35. The summed E-state index contributed by atoms with van der Waals surface area (Å²) in [7, 11) is 0. The topological polar surface area (TPSA) is 81.8 Å². The van der Waals surface area contributed by atoms with E-state index >= 15 is 4.39 Å². The van der Waals surface area contributed by atoms with E-state index in [0.29, 0.717) is 24.2 Å². The van der Waals surface area contributed by atoms with E-state index in [0.717, 1.165) is 33.5 Å². The van der Waals surface area contributed by atoms with Crippen LogP contribution in [0.5, 0.6) is 5.75 Å². The molecule has 1 aliphatic heterocycles. The SMILES string of the molecule is CC(C)(C)OC(=O)N1CC[C@H](Oc2cccc3ccc(-c4cnc5cc(-c6cccnc6)ccn45)nc23)[C@@H](F)C1. The van der Waals surface area contributed by atoms with Crippen LogP contribution in [-0.4, -0.2) is 61.3 Å². The first-order valence-corrected chi connectivity index (χ1v) is 13.3. The van der Waals surface area contributed by atoms with Gasteiger partial charge in [-0.25, -0.2) is 19.2 Å². The van der Waals surface area contributed by atoms with E-state index in [9.17, 15) is 4.79 Å². The van der Waals surface area contributed by atoms with E-state index in [1.54, 1.807) is 39.2 Å². The third-order valence-corrected chi connectivity index (χ3v) is 6.87. The number of ether oxygens (including phenoxy) is 2. The van der Waals surface area contributed by atoms with Crippen molar-refractivity contribution in [1.82, 2.24) is 24.3 Å². The van der Waals surface area contributed by atoms with Gasteiger partial charge in [0, 0.05) is 42.5 Å². The van der Waals surface area contributed by atoms with E-state index in [1.165, 1.54) is 4.90 Å². The normalized spacial score (nSPS) is 17.8. The first kappa shape index (κ1) is 25.7. The molecule has 4 aromatic heterocycles. The predicted molar refractivity (Wildman–Crippen MR) is 151 cm³/mol. The highest BCUT2D eigenvalue weighted by molar-refractivity contribution is 5.86. The molecule has 5 aromatic rings. The van der Waals surface area contributed by atoms with Crippen LogP contribution in [0.2, 0.25) is 0 Å². The highest BCUT2D eigenvalue weighted by Crippen LogP contribution is 2.31. The van der Waals surface area contributed by atoms with Gasteiger partial charge in [0.25, 0.3) is 0 Å². The molecule has 1 fully saturated rings. The smallest absolute Gasteiger partial charge is 0.410 e. The van der Waals surface area contributed by atoms with Crippen molar-refractivity contribution in [3.8, 4) is 28.3 Å². The Kier molecular flexibility index (Phi) is 6.57. The number of carbonyl (C=O) groups is 1. The second-order valence-corrected chi connectivity index (χ2v) is 10.9. The maximum Gasteiger partial charge on any atom is 0.410 e. The summed E-state index contributed by atoms with van der Waals surface area (Å²) in [5.41, 5.74) is 4.40. The van der Waals surface area contributed by atoms with E-state index in [2.05, 4.69) is 9.97 Å². The summed E-state index contributed by atoms with van der Waals surface area (Å²) in [5.74, 6) is 0.505. The zero-order chi connectivity index (χ0) is 27.9. The Morgan fingerprint density at radius 1 is 1.05 bits per heavy atom. The first-order valence-electron chi connectivity index (χ1n) is 13.3. The maximum atomic E-state index is 15.2. The van der Waals surface area contributed by atoms with Crippen molar-refractivity contribution in [3.63, 3.8) is 0 Å². The van der Waals surface area contributed by atoms with Crippen LogP contribution in [0.1, 0.15) is 27.2 Å². The van der Waals surface area contributed by atoms with Crippen molar-refractivity contribution < 1.29 is 18.7 Å². The molecule has 40 heavy (non-hydrogen) atoms. The van der Waals surface area contributed by atoms with E-state index in [-0.39, 0.29) is 6.54 Å². The Morgan fingerprint density at radius 3 is 2.70 bits per heavy atom. The van der Waals surface area contributed by atoms with Crippen LogP contribution < -0.4 is 4.74 Å². The number of nitrogens with zero attached hydrogens (tertiary/aromatic N) is 5. The molecule has 0 N–H and O–H groups in total. The lowest BCUT2D eigenvalue weighted by Crippen LogP contribution is -2.50. The van der Waals surface area contributed by atoms with E-state index < -0.39 is 24.0 Å². The second kappa shape index (κ2) is 10.2. The molecule has 1 aromatic carbocycles. The van der Waals surface area contributed by atoms with Crippen molar-refractivity contribution in [2.24, 2.45) is 0 Å². The molecular weight excluding hydrogens is 509 g/mol. The summed E-state index contributed by atoms with van der Waals surface area (Å²) in [6.45, 7) is 5.66. The summed E-state index contributed by atoms with van der Waals surface area (Å²) < 4.78 is 28.8. The monoisotopic (exact) mass is 539 g/mol. The molecule has 0 bridgehead atoms. The van der Waals surface area contributed by atoms with Crippen molar-refractivity contribution in [1.29, 1.82) is 0 Å². The average molecular weight is 540 g/mol. The molecule has 0 spiro atoms. The summed E-state index contributed by atoms with van der Waals surface area (Å²) in [6.07, 6.45) is 5.13. The molecule has 6 rings (SSSR count). The van der Waals surface area contributed by atoms with Crippen LogP contribution in [0.25, 0.3) is 39.1 Å². The van der Waals surface area contributed by atoms with Crippen LogP contribution >= 0.6 is 0 Å². The van der Waals surface area contributed by atoms with Gasteiger partial charge < -0.3 is 14.4 Å². The number of likely N-dealkylation sites (tertiary alicyclic amines) is 1. The van der Waals surface area contributed by atoms with Crippen LogP contribution in [0.3, 0.4) is 0 Å². The van der Waals surface area contributed by atoms with Gasteiger partial charge in [-0.2, -0.15) is 0 Å². The quantitative estimate of drug-likeness (QED) is 0.265. The molecule has 1 amide bonds. The molecule has 9 heteroatoms. The number of hydrogen-bond donors (Lipinski definition) is 0. The number of amides is 1. The van der Waals surface area contributed by atoms with Gasteiger partial charge in [0.1, 0.15) is 28.6 Å². The lowest BCUT2D eigenvalue weighted by molar-refractivity contribution is -0.0102. The number of pyridine rings is 3. The number of benzene rings is 1. The van der Waals surface area contributed by atoms with Crippen molar-refractivity contribution >= 4 is 22.6 Å². The summed E-state index contributed by atoms with van der Waals surface area (Å²) in [6, 6.07) is 17.5. The highest BCUT2D eigenvalue weighted by atomic mass is 19.1. The number of fused-ring (bicyclic) bond motifs is 2. The molecule has 2 atom stereocenters. The van der Waals surface area contributed by atoms with Crippen molar-refractivity contribution in [2.45, 2.75) is 45.1 Å². The molecule has 1 aliphatic rings. The number of piperidine rings is 1. The summed E-state index contributed by atoms with van der Waals surface area (Å²) >= 11 is 0. The molecule has 5 heterocycles. The maximum absolute atomic E-state index is 15.2. The Hall–Kier alpha value is -4.53. The molecule has 0 aliphatic carbocycles. The van der Waals surface area contributed by atoms with E-state index in [4.69, 9.17) is 14.5 Å². The average Bonchev–Trinajstić information content (AvgIpc) is 3.37. The van der Waals surface area contributed by atoms with Gasteiger partial charge in [-0.3, -0.25) is 9.38 Å². The number of hydrogen-bond acceptors (Lipinski definition) is 6. The Balaban J connectivity index is 1.25. The number of rotatable bonds is 4. The van der Waals surface area contributed by atoms with Crippen LogP contribution in [0, 0.1) is 0 Å². The minimum Gasteiger partial charge on any atom is -0.485 e. The zero-order valence-corrected chi connectivity index (χ0v) is 22.6. The Labute approximate surface area is 231 Å². The highest BCUT2D eigenvalue weighted by Gasteiger charge is 2.35. The number of halogens is 1. The first-order chi connectivity index (χ1) is 19.2. The molecule has 8 nitrogen and oxygen atoms in total. The number of para-hydroxylation sites is 1. The number of alkyl halides is 1. The standard InChI is InChI=1S/C31H30FN5O3/c1-31(2,3)40-30(38)36-14-12-26(23(32)19-36)39-27-8-4-6-20-9-10-24(35-29(20)27)25-18-34-28-16-21(11-15-37(25)28)22-7-5-13-33-17-22/h4-11,13,15-18,23,26H,12,14,19H2,1-3H3/t23-,26-/m0/s1. The van der Waals surface area contributed by atoms with Crippen molar-refractivity contribution in [2.75, 3.05) is 13.1 Å². The third-order valence-electron chi connectivity index (χ3n) is 6.87. The predicted octanol–water partition coefficient (Wildman–Crippen LogP) is 6.34. The van der Waals surface area contributed by atoms with Crippen LogP contribution in [0.4, 0.5) is 9.18 Å². The van der Waals surface area contributed by atoms with Gasteiger partial charge >= 0.3 is 6.09 Å². The summed E-state index contributed by atoms with van der Waals surface area (Å²) in [5, 5.41) is 0.885. The van der Waals surface area contributed by atoms with Gasteiger partial charge in [-0.05, 0) is 56.7 Å². The molecule has 204 valence electrons. The van der Waals surface area contributed by atoms with E-state index in [1.807, 2.05) is 65.3 Å². The fourth-order valence-electron chi connectivity index (χ4n) is 4.91. The molecule has 0 radical (unpaired) electrons. The number of carbonyl (C=O) groups excluding carboxylic acids is 1. The van der Waals surface area contributed by atoms with Gasteiger partial charge in [-0.15, -0.1) is 0 Å². The molecule has 0 unspecified atom stereocenters. The Bertz CT molecular complexity index is 1680. The molecular formula is C31H30FN5O3. The second-order valence-electron chi connectivity index (χ2n) is 10.9. The number of aromatic nitrogens is 4. The van der Waals surface area contributed by atoms with Gasteiger partial charge in [-0.1, -0.05) is 24.3 Å². The van der Waals surface area contributed by atoms with Gasteiger partial charge in [0.2, 0.25) is 0 Å². The van der Waals surface area contributed by atoms with Gasteiger partial charge in [0.15, 0.2) is 6.17 Å². The Morgan fingerprint density at radius 2 is 1.93 bits per heavy atom. The van der Waals surface area contributed by atoms with Crippen LogP contribution in [0.15, 0.2) is 79.4 Å². The zero-order valence-electron chi connectivity index (χ0n) is 22.6. The lowest BCUT2D eigenvalue weighted by Gasteiger charge is -2.35. The largest absolute Gasteiger partial charge is 0.485 e. The fourth-order valence-corrected chi connectivity index (χ4v) is 4.91. The minimum absolute atomic E-state index is 0.0775. The lowest BCUT2D eigenvalue weighted by atomic mass is 10.1. The van der Waals surface area contributed by atoms with Crippen molar-refractivity contribution in [3.05, 3.63) is 79.4 Å². The molecule has 0 saturated carbocycles. The van der Waals surface area contributed by atoms with Gasteiger partial charge in [0.05, 0.1) is 24.1 Å². The third kappa shape index (κ3) is 5.19. The molecule has 1 saturated heterocycles. The van der Waals surface area contributed by atoms with Crippen LogP contribution in [-0.2, 0) is 4.74 Å².